The third kappa shape index (κ3) is 7.21. The first kappa shape index (κ1) is 25.1. The number of fused-ring (bicyclic) bond motifs is 1. The monoisotopic (exact) mass is 452 g/mol. The molecule has 0 radical (unpaired) electrons. The summed E-state index contributed by atoms with van der Waals surface area (Å²) < 4.78 is 12.4. The normalized spacial score (nSPS) is 11.6. The van der Waals surface area contributed by atoms with Gasteiger partial charge in [-0.1, -0.05) is 58.0 Å². The van der Waals surface area contributed by atoms with Gasteiger partial charge in [-0.3, -0.25) is 0 Å². The molecule has 6 heteroatoms. The Labute approximate surface area is 198 Å². The van der Waals surface area contributed by atoms with E-state index < -0.39 is 0 Å². The third-order valence-corrected chi connectivity index (χ3v) is 6.12. The lowest BCUT2D eigenvalue weighted by Crippen LogP contribution is -2.25. The number of aromatic nitrogens is 2. The van der Waals surface area contributed by atoms with E-state index in [-0.39, 0.29) is 0 Å². The fourth-order valence-corrected chi connectivity index (χ4v) is 4.01. The third-order valence-electron chi connectivity index (χ3n) is 6.12. The molecule has 0 bridgehead atoms. The molecule has 33 heavy (non-hydrogen) atoms. The van der Waals surface area contributed by atoms with Crippen LogP contribution in [-0.4, -0.2) is 72.3 Å². The second kappa shape index (κ2) is 13.2. The van der Waals surface area contributed by atoms with Gasteiger partial charge in [0.25, 0.3) is 0 Å². The molecule has 0 saturated heterocycles. The fraction of sp³-hybridized carbons (Fsp3) is 0.519. The molecule has 3 aromatic rings. The molecule has 0 unspecified atom stereocenters. The highest BCUT2D eigenvalue weighted by Gasteiger charge is 2.13. The quantitative estimate of drug-likeness (QED) is 0.311. The average molecular weight is 453 g/mol. The van der Waals surface area contributed by atoms with Crippen LogP contribution in [0.2, 0.25) is 0 Å². The maximum absolute atomic E-state index is 6.23. The van der Waals surface area contributed by atoms with Crippen molar-refractivity contribution >= 4 is 11.0 Å². The van der Waals surface area contributed by atoms with Crippen molar-refractivity contribution in [3.63, 3.8) is 0 Å². The van der Waals surface area contributed by atoms with E-state index in [4.69, 9.17) is 14.5 Å². The Morgan fingerprint density at radius 1 is 0.788 bits per heavy atom. The second-order valence-electron chi connectivity index (χ2n) is 8.23. The van der Waals surface area contributed by atoms with E-state index in [1.807, 2.05) is 30.3 Å². The van der Waals surface area contributed by atoms with Crippen LogP contribution in [0, 0.1) is 0 Å². The topological polar surface area (TPSA) is 53.6 Å². The van der Waals surface area contributed by atoms with Crippen LogP contribution in [0.15, 0.2) is 42.5 Å². The Morgan fingerprint density at radius 3 is 2.00 bits per heavy atom. The standard InChI is InChI=1S/C27H40N4O2/c1-5-30(6-2)16-12-18-32-23-20-24-26(29-27(28-24)22-14-10-9-11-15-22)25(21-23)33-19-13-17-31(7-3)8-4/h9-11,14-15,20-21H,5-8,12-13,16-19H2,1-4H3,(H,28,29). The van der Waals surface area contributed by atoms with Gasteiger partial charge in [-0.25, -0.2) is 4.98 Å². The van der Waals surface area contributed by atoms with Crippen LogP contribution in [0.1, 0.15) is 40.5 Å². The van der Waals surface area contributed by atoms with E-state index >= 15 is 0 Å². The van der Waals surface area contributed by atoms with Crippen LogP contribution in [0.25, 0.3) is 22.4 Å². The molecule has 1 aromatic heterocycles. The highest BCUT2D eigenvalue weighted by atomic mass is 16.5. The van der Waals surface area contributed by atoms with Crippen molar-refractivity contribution < 1.29 is 9.47 Å². The van der Waals surface area contributed by atoms with Crippen LogP contribution in [-0.2, 0) is 0 Å². The number of hydrogen-bond acceptors (Lipinski definition) is 5. The summed E-state index contributed by atoms with van der Waals surface area (Å²) in [5.41, 5.74) is 2.85. The van der Waals surface area contributed by atoms with Crippen molar-refractivity contribution in [1.29, 1.82) is 0 Å². The number of aromatic amines is 1. The zero-order valence-corrected chi connectivity index (χ0v) is 20.8. The van der Waals surface area contributed by atoms with Crippen molar-refractivity contribution in [3.05, 3.63) is 42.5 Å². The number of benzene rings is 2. The van der Waals surface area contributed by atoms with Crippen molar-refractivity contribution in [2.45, 2.75) is 40.5 Å². The lowest BCUT2D eigenvalue weighted by Gasteiger charge is -2.18. The molecule has 0 aliphatic heterocycles. The molecular weight excluding hydrogens is 412 g/mol. The smallest absolute Gasteiger partial charge is 0.150 e. The Kier molecular flexibility index (Phi) is 10.0. The van der Waals surface area contributed by atoms with E-state index in [0.717, 1.165) is 86.0 Å². The molecule has 1 heterocycles. The molecule has 0 aliphatic rings. The number of rotatable bonds is 15. The van der Waals surface area contributed by atoms with Crippen LogP contribution >= 0.6 is 0 Å². The van der Waals surface area contributed by atoms with Gasteiger partial charge in [-0.15, -0.1) is 0 Å². The summed E-state index contributed by atoms with van der Waals surface area (Å²) >= 11 is 0. The van der Waals surface area contributed by atoms with Gasteiger partial charge in [0, 0.05) is 30.8 Å². The zero-order chi connectivity index (χ0) is 23.5. The van der Waals surface area contributed by atoms with Crippen molar-refractivity contribution in [3.8, 4) is 22.9 Å². The minimum absolute atomic E-state index is 0.657. The van der Waals surface area contributed by atoms with Crippen molar-refractivity contribution in [2.24, 2.45) is 0 Å². The largest absolute Gasteiger partial charge is 0.493 e. The molecule has 0 amide bonds. The Hall–Kier alpha value is -2.57. The van der Waals surface area contributed by atoms with E-state index in [9.17, 15) is 0 Å². The Bertz CT molecular complexity index is 949. The summed E-state index contributed by atoms with van der Waals surface area (Å²) in [5, 5.41) is 0. The molecule has 180 valence electrons. The summed E-state index contributed by atoms with van der Waals surface area (Å²) in [6.45, 7) is 16.5. The molecule has 6 nitrogen and oxygen atoms in total. The van der Waals surface area contributed by atoms with Crippen LogP contribution < -0.4 is 9.47 Å². The van der Waals surface area contributed by atoms with Gasteiger partial charge in [0.2, 0.25) is 0 Å². The highest BCUT2D eigenvalue weighted by molar-refractivity contribution is 5.86. The molecule has 0 atom stereocenters. The Morgan fingerprint density at radius 2 is 1.39 bits per heavy atom. The maximum Gasteiger partial charge on any atom is 0.150 e. The van der Waals surface area contributed by atoms with Gasteiger partial charge in [-0.2, -0.15) is 0 Å². The minimum Gasteiger partial charge on any atom is -0.493 e. The first-order chi connectivity index (χ1) is 16.2. The number of imidazole rings is 1. The summed E-state index contributed by atoms with van der Waals surface area (Å²) in [7, 11) is 0. The van der Waals surface area contributed by atoms with Crippen molar-refractivity contribution in [2.75, 3.05) is 52.5 Å². The first-order valence-corrected chi connectivity index (χ1v) is 12.5. The molecule has 1 N–H and O–H groups in total. The number of H-pyrrole nitrogens is 1. The number of hydrogen-bond donors (Lipinski definition) is 1. The first-order valence-electron chi connectivity index (χ1n) is 12.5. The molecule has 2 aromatic carbocycles. The highest BCUT2D eigenvalue weighted by Crippen LogP contribution is 2.32. The minimum atomic E-state index is 0.657. The van der Waals surface area contributed by atoms with Crippen LogP contribution in [0.4, 0.5) is 0 Å². The van der Waals surface area contributed by atoms with Gasteiger partial charge in [0.1, 0.15) is 17.1 Å². The molecular formula is C27H40N4O2. The van der Waals surface area contributed by atoms with E-state index in [2.05, 4.69) is 54.6 Å². The number of nitrogens with zero attached hydrogens (tertiary/aromatic N) is 3. The second-order valence-corrected chi connectivity index (χ2v) is 8.23. The van der Waals surface area contributed by atoms with Gasteiger partial charge in [0.15, 0.2) is 5.75 Å². The average Bonchev–Trinajstić information content (AvgIpc) is 3.29. The molecule has 0 saturated carbocycles. The lowest BCUT2D eigenvalue weighted by molar-refractivity contribution is 0.243. The van der Waals surface area contributed by atoms with Crippen LogP contribution in [0.5, 0.6) is 11.5 Å². The predicted octanol–water partition coefficient (Wildman–Crippen LogP) is 5.45. The predicted molar refractivity (Wildman–Crippen MR) is 137 cm³/mol. The summed E-state index contributed by atoms with van der Waals surface area (Å²) in [5.74, 6) is 2.45. The summed E-state index contributed by atoms with van der Waals surface area (Å²) in [4.78, 5) is 13.1. The summed E-state index contributed by atoms with van der Waals surface area (Å²) in [6, 6.07) is 14.2. The van der Waals surface area contributed by atoms with E-state index in [1.165, 1.54) is 0 Å². The van der Waals surface area contributed by atoms with E-state index in [0.29, 0.717) is 13.2 Å². The fourth-order valence-electron chi connectivity index (χ4n) is 4.01. The maximum atomic E-state index is 6.23. The molecule has 3 rings (SSSR count). The lowest BCUT2D eigenvalue weighted by atomic mass is 10.2. The van der Waals surface area contributed by atoms with Gasteiger partial charge >= 0.3 is 0 Å². The van der Waals surface area contributed by atoms with Crippen molar-refractivity contribution in [1.82, 2.24) is 19.8 Å². The SMILES string of the molecule is CCN(CC)CCCOc1cc(OCCCN(CC)CC)c2nc(-c3ccccc3)[nH]c2c1. The molecule has 0 fully saturated rings. The van der Waals surface area contributed by atoms with Gasteiger partial charge < -0.3 is 24.3 Å². The van der Waals surface area contributed by atoms with Gasteiger partial charge in [0.05, 0.1) is 18.7 Å². The van der Waals surface area contributed by atoms with Crippen LogP contribution in [0.3, 0.4) is 0 Å². The number of nitrogens with one attached hydrogen (secondary N) is 1. The molecule has 0 spiro atoms. The zero-order valence-electron chi connectivity index (χ0n) is 20.8. The summed E-state index contributed by atoms with van der Waals surface area (Å²) in [6.07, 6.45) is 1.98. The Balaban J connectivity index is 1.74. The molecule has 0 aliphatic carbocycles. The van der Waals surface area contributed by atoms with E-state index in [1.54, 1.807) is 0 Å². The van der Waals surface area contributed by atoms with Gasteiger partial charge in [-0.05, 0) is 39.0 Å². The number of ether oxygens (including phenoxy) is 2.